The van der Waals surface area contributed by atoms with Gasteiger partial charge >= 0.3 is 0 Å². The van der Waals surface area contributed by atoms with E-state index in [-0.39, 0.29) is 0 Å². The van der Waals surface area contributed by atoms with Crippen LogP contribution < -0.4 is 10.6 Å². The lowest BCUT2D eigenvalue weighted by molar-refractivity contribution is -0.170. The maximum absolute atomic E-state index is 4.45. The van der Waals surface area contributed by atoms with Gasteiger partial charge in [-0.1, -0.05) is 103 Å². The lowest BCUT2D eigenvalue weighted by atomic mass is 9.46. The molecule has 0 amide bonds. The first-order valence-corrected chi connectivity index (χ1v) is 27.8. The Kier molecular flexibility index (Phi) is 11.6. The first-order chi connectivity index (χ1) is 28.8. The number of rotatable bonds is 6. The Morgan fingerprint density at radius 2 is 0.586 bits per heavy atom. The summed E-state index contributed by atoms with van der Waals surface area (Å²) in [5.74, 6) is 14.1. The maximum Gasteiger partial charge on any atom is 0.0633 e. The Bertz CT molecular complexity index is 1200. The van der Waals surface area contributed by atoms with E-state index in [1.165, 1.54) is 129 Å². The lowest BCUT2D eigenvalue weighted by Gasteiger charge is -2.66. The molecule has 0 aromatic rings. The zero-order valence-corrected chi connectivity index (χ0v) is 37.5. The van der Waals surface area contributed by atoms with Crippen molar-refractivity contribution in [2.45, 2.75) is 242 Å². The molecule has 2 saturated heterocycles. The lowest BCUT2D eigenvalue weighted by Crippen LogP contribution is -2.70. The summed E-state index contributed by atoms with van der Waals surface area (Å²) in [4.78, 5) is 6.98. The van der Waals surface area contributed by atoms with Gasteiger partial charge in [0.1, 0.15) is 0 Å². The van der Waals surface area contributed by atoms with E-state index >= 15 is 0 Å². The molecule has 20 atom stereocenters. The molecule has 12 fully saturated rings. The fourth-order valence-electron chi connectivity index (χ4n) is 20.7. The van der Waals surface area contributed by atoms with Crippen LogP contribution in [0.2, 0.25) is 0 Å². The van der Waals surface area contributed by atoms with Gasteiger partial charge in [-0.25, -0.2) is 0 Å². The fourth-order valence-corrected chi connectivity index (χ4v) is 20.7. The standard InChI is InChI=1S/C54H90N4/c1-5-17-41-35(11-1)15-9-21-47(41)57(53-43-19-7-3-13-37(43)31-33-55-53)49-29-25-39-24-28-46-50(30-26-40-23-27-45(49)51(39)52(40)46)58(48-22-10-16-36-12-2-6-18-42(36)48)54-44-20-8-4-14-38(44)32-34-56-54/h35-56H,1-34H2. The number of hydrogen-bond donors (Lipinski definition) is 2. The summed E-state index contributed by atoms with van der Waals surface area (Å²) < 4.78 is 0. The number of nitrogens with one attached hydrogen (secondary N) is 2. The zero-order valence-electron chi connectivity index (χ0n) is 37.5. The van der Waals surface area contributed by atoms with Gasteiger partial charge < -0.3 is 10.6 Å². The summed E-state index contributed by atoms with van der Waals surface area (Å²) in [6.45, 7) is 2.61. The third kappa shape index (κ3) is 6.91. The SMILES string of the molecule is C1CCC2C(C1)CCCC2N(C1CCC2CCC3C4C(CCC1C24)CCC3N(C1CCCC2CCCCC21)C1NCCC2CCCCC21)C1NCCC2CCCCC21. The van der Waals surface area contributed by atoms with Crippen molar-refractivity contribution in [3.05, 3.63) is 0 Å². The van der Waals surface area contributed by atoms with Crippen molar-refractivity contribution < 1.29 is 0 Å². The second-order valence-electron chi connectivity index (χ2n) is 24.5. The molecule has 2 aliphatic heterocycles. The Labute approximate surface area is 357 Å². The van der Waals surface area contributed by atoms with Gasteiger partial charge in [0.05, 0.1) is 12.3 Å². The van der Waals surface area contributed by atoms with E-state index in [9.17, 15) is 0 Å². The van der Waals surface area contributed by atoms with Crippen LogP contribution in [-0.4, -0.2) is 59.4 Å². The molecular weight excluding hydrogens is 705 g/mol. The maximum atomic E-state index is 4.45. The van der Waals surface area contributed by atoms with E-state index in [0.717, 1.165) is 107 Å². The summed E-state index contributed by atoms with van der Waals surface area (Å²) in [6.07, 6.45) is 50.6. The minimum Gasteiger partial charge on any atom is -0.301 e. The van der Waals surface area contributed by atoms with Crippen LogP contribution in [0, 0.1) is 82.9 Å². The number of piperidine rings is 2. The highest BCUT2D eigenvalue weighted by molar-refractivity contribution is 5.12. The molecule has 4 nitrogen and oxygen atoms in total. The second kappa shape index (κ2) is 17.1. The third-order valence-corrected chi connectivity index (χ3v) is 22.7. The molecule has 0 aromatic carbocycles. The highest BCUT2D eigenvalue weighted by Crippen LogP contribution is 2.63. The molecule has 0 spiro atoms. The Morgan fingerprint density at radius 1 is 0.241 bits per heavy atom. The predicted molar refractivity (Wildman–Crippen MR) is 239 cm³/mol. The van der Waals surface area contributed by atoms with Crippen molar-refractivity contribution in [3.63, 3.8) is 0 Å². The van der Waals surface area contributed by atoms with Crippen LogP contribution in [0.5, 0.6) is 0 Å². The van der Waals surface area contributed by atoms with E-state index in [4.69, 9.17) is 0 Å². The van der Waals surface area contributed by atoms with Gasteiger partial charge in [0.2, 0.25) is 0 Å². The molecule has 4 heteroatoms. The van der Waals surface area contributed by atoms with Crippen molar-refractivity contribution in [3.8, 4) is 0 Å². The Morgan fingerprint density at radius 3 is 1.03 bits per heavy atom. The highest BCUT2D eigenvalue weighted by atomic mass is 15.3. The normalized spacial score (nSPS) is 53.1. The minimum atomic E-state index is 0.688. The molecular formula is C54H90N4. The minimum absolute atomic E-state index is 0.688. The van der Waals surface area contributed by atoms with Crippen LogP contribution in [0.15, 0.2) is 0 Å². The monoisotopic (exact) mass is 795 g/mol. The smallest absolute Gasteiger partial charge is 0.0633 e. The van der Waals surface area contributed by atoms with Crippen LogP contribution in [-0.2, 0) is 0 Å². The van der Waals surface area contributed by atoms with E-state index in [1.54, 1.807) is 89.9 Å². The molecule has 20 unspecified atom stereocenters. The second-order valence-corrected chi connectivity index (χ2v) is 24.5. The van der Waals surface area contributed by atoms with Crippen LogP contribution in [0.3, 0.4) is 0 Å². The average Bonchev–Trinajstić information content (AvgIpc) is 3.29. The molecule has 10 saturated carbocycles. The summed E-state index contributed by atoms with van der Waals surface area (Å²) in [6, 6.07) is 3.48. The zero-order chi connectivity index (χ0) is 38.2. The number of hydrogen-bond acceptors (Lipinski definition) is 4. The van der Waals surface area contributed by atoms with Gasteiger partial charge in [-0.2, -0.15) is 0 Å². The number of nitrogens with zero attached hydrogens (tertiary/aromatic N) is 2. The fraction of sp³-hybridized carbons (Fsp3) is 1.00. The van der Waals surface area contributed by atoms with E-state index in [2.05, 4.69) is 20.4 Å². The van der Waals surface area contributed by atoms with Crippen molar-refractivity contribution >= 4 is 0 Å². The largest absolute Gasteiger partial charge is 0.301 e. The summed E-state index contributed by atoms with van der Waals surface area (Å²) in [7, 11) is 0. The summed E-state index contributed by atoms with van der Waals surface area (Å²) in [5, 5.41) is 8.89. The quantitative estimate of drug-likeness (QED) is 0.280. The van der Waals surface area contributed by atoms with E-state index < -0.39 is 0 Å². The molecule has 0 bridgehead atoms. The average molecular weight is 795 g/mol. The molecule has 2 N–H and O–H groups in total. The van der Waals surface area contributed by atoms with Crippen LogP contribution in [0.25, 0.3) is 0 Å². The van der Waals surface area contributed by atoms with Gasteiger partial charge in [0.25, 0.3) is 0 Å². The molecule has 2 heterocycles. The molecule has 0 radical (unpaired) electrons. The van der Waals surface area contributed by atoms with Crippen molar-refractivity contribution in [1.82, 2.24) is 20.4 Å². The van der Waals surface area contributed by atoms with Crippen molar-refractivity contribution in [2.75, 3.05) is 13.1 Å². The van der Waals surface area contributed by atoms with Gasteiger partial charge in [0, 0.05) is 24.2 Å². The Balaban J connectivity index is 0.890. The van der Waals surface area contributed by atoms with Gasteiger partial charge in [0.15, 0.2) is 0 Å². The van der Waals surface area contributed by atoms with E-state index in [0.29, 0.717) is 12.3 Å². The third-order valence-electron chi connectivity index (χ3n) is 22.7. The Hall–Kier alpha value is -0.160. The topological polar surface area (TPSA) is 30.5 Å². The molecule has 58 heavy (non-hydrogen) atoms. The van der Waals surface area contributed by atoms with Crippen LogP contribution in [0.4, 0.5) is 0 Å². The van der Waals surface area contributed by atoms with Crippen molar-refractivity contribution in [1.29, 1.82) is 0 Å². The summed E-state index contributed by atoms with van der Waals surface area (Å²) >= 11 is 0. The molecule has 12 rings (SSSR count). The molecule has 326 valence electrons. The van der Waals surface area contributed by atoms with Crippen LogP contribution >= 0.6 is 0 Å². The number of fused-ring (bicyclic) bond motifs is 4. The molecule has 0 aromatic heterocycles. The first-order valence-electron chi connectivity index (χ1n) is 27.8. The van der Waals surface area contributed by atoms with Gasteiger partial charge in [-0.3, -0.25) is 9.80 Å². The first kappa shape index (κ1) is 39.4. The highest BCUT2D eigenvalue weighted by Gasteiger charge is 2.60. The molecule has 12 aliphatic rings. The summed E-state index contributed by atoms with van der Waals surface area (Å²) in [5.41, 5.74) is 0. The predicted octanol–water partition coefficient (Wildman–Crippen LogP) is 12.2. The van der Waals surface area contributed by atoms with Gasteiger partial charge in [-0.15, -0.1) is 0 Å². The van der Waals surface area contributed by atoms with Crippen LogP contribution in [0.1, 0.15) is 205 Å². The molecule has 10 aliphatic carbocycles. The van der Waals surface area contributed by atoms with E-state index in [1.807, 2.05) is 0 Å². The van der Waals surface area contributed by atoms with Crippen molar-refractivity contribution in [2.24, 2.45) is 82.9 Å². The van der Waals surface area contributed by atoms with Gasteiger partial charge in [-0.05, 0) is 199 Å².